The van der Waals surface area contributed by atoms with Gasteiger partial charge in [0.25, 0.3) is 0 Å². The zero-order valence-corrected chi connectivity index (χ0v) is 13.9. The summed E-state index contributed by atoms with van der Waals surface area (Å²) in [7, 11) is 0. The average molecular weight is 296 g/mol. The molecule has 3 rings (SSSR count). The molecule has 0 aromatic carbocycles. The molecule has 20 heavy (non-hydrogen) atoms. The average Bonchev–Trinajstić information content (AvgIpc) is 2.94. The zero-order chi connectivity index (χ0) is 14.4. The molecule has 1 atom stereocenters. The standard InChI is InChI=1S/C16H28N2OS/c1-12(2)13-17-16(9-4-5-10-16)14(19)18(13)11-15(20-3)7-6-8-15/h12-13,17H,4-11H2,1-3H3. The molecule has 0 aromatic heterocycles. The van der Waals surface area contributed by atoms with Gasteiger partial charge in [-0.1, -0.05) is 33.1 Å². The van der Waals surface area contributed by atoms with Crippen LogP contribution in [0.25, 0.3) is 0 Å². The van der Waals surface area contributed by atoms with Crippen LogP contribution in [0.4, 0.5) is 0 Å². The van der Waals surface area contributed by atoms with Crippen molar-refractivity contribution in [3.63, 3.8) is 0 Å². The van der Waals surface area contributed by atoms with E-state index in [4.69, 9.17) is 0 Å². The van der Waals surface area contributed by atoms with E-state index in [2.05, 4.69) is 30.3 Å². The minimum atomic E-state index is -0.210. The van der Waals surface area contributed by atoms with Crippen molar-refractivity contribution >= 4 is 17.7 Å². The number of rotatable bonds is 4. The second kappa shape index (κ2) is 5.20. The van der Waals surface area contributed by atoms with Crippen molar-refractivity contribution in [2.75, 3.05) is 12.8 Å². The van der Waals surface area contributed by atoms with E-state index in [-0.39, 0.29) is 11.7 Å². The second-order valence-corrected chi connectivity index (χ2v) is 8.57. The fourth-order valence-corrected chi connectivity index (χ4v) is 5.13. The summed E-state index contributed by atoms with van der Waals surface area (Å²) in [5.41, 5.74) is -0.210. The molecule has 3 fully saturated rings. The summed E-state index contributed by atoms with van der Waals surface area (Å²) in [5, 5.41) is 3.73. The molecule has 0 aromatic rings. The van der Waals surface area contributed by atoms with Crippen LogP contribution in [-0.4, -0.2) is 40.1 Å². The van der Waals surface area contributed by atoms with Crippen molar-refractivity contribution in [1.29, 1.82) is 0 Å². The number of carbonyl (C=O) groups is 1. The van der Waals surface area contributed by atoms with Crippen LogP contribution in [0, 0.1) is 5.92 Å². The van der Waals surface area contributed by atoms with E-state index in [1.807, 2.05) is 11.8 Å². The van der Waals surface area contributed by atoms with Gasteiger partial charge < -0.3 is 4.90 Å². The van der Waals surface area contributed by atoms with E-state index in [0.29, 0.717) is 16.6 Å². The van der Waals surface area contributed by atoms with E-state index in [1.165, 1.54) is 32.1 Å². The molecule has 3 aliphatic rings. The third-order valence-electron chi connectivity index (χ3n) is 5.68. The molecule has 1 amide bonds. The van der Waals surface area contributed by atoms with Gasteiger partial charge in [0.05, 0.1) is 11.7 Å². The number of carbonyl (C=O) groups excluding carboxylic acids is 1. The summed E-state index contributed by atoms with van der Waals surface area (Å²) < 4.78 is 0.342. The van der Waals surface area contributed by atoms with Crippen molar-refractivity contribution in [3.8, 4) is 0 Å². The van der Waals surface area contributed by atoms with Crippen molar-refractivity contribution in [1.82, 2.24) is 10.2 Å². The van der Waals surface area contributed by atoms with Gasteiger partial charge in [-0.05, 0) is 37.9 Å². The normalized spacial score (nSPS) is 31.3. The Balaban J connectivity index is 1.81. The SMILES string of the molecule is CSC1(CN2C(=O)C3(CCCC3)NC2C(C)C)CCC1. The van der Waals surface area contributed by atoms with Crippen molar-refractivity contribution in [2.24, 2.45) is 5.92 Å². The molecular formula is C16H28N2OS. The minimum Gasteiger partial charge on any atom is -0.324 e. The Morgan fingerprint density at radius 1 is 1.25 bits per heavy atom. The first-order chi connectivity index (χ1) is 9.52. The molecule has 1 spiro atoms. The third kappa shape index (κ3) is 2.19. The lowest BCUT2D eigenvalue weighted by atomic mass is 9.83. The number of thioether (sulfide) groups is 1. The highest BCUT2D eigenvalue weighted by atomic mass is 32.2. The number of amides is 1. The van der Waals surface area contributed by atoms with E-state index >= 15 is 0 Å². The van der Waals surface area contributed by atoms with Crippen LogP contribution in [0.15, 0.2) is 0 Å². The molecule has 0 radical (unpaired) electrons. The molecule has 1 saturated heterocycles. The van der Waals surface area contributed by atoms with Crippen molar-refractivity contribution < 1.29 is 4.79 Å². The minimum absolute atomic E-state index is 0.210. The molecule has 3 nitrogen and oxygen atoms in total. The van der Waals surface area contributed by atoms with Crippen LogP contribution in [0.5, 0.6) is 0 Å². The van der Waals surface area contributed by atoms with Gasteiger partial charge in [0.1, 0.15) is 0 Å². The largest absolute Gasteiger partial charge is 0.324 e. The van der Waals surface area contributed by atoms with Crippen LogP contribution in [0.1, 0.15) is 58.8 Å². The third-order valence-corrected chi connectivity index (χ3v) is 7.08. The second-order valence-electron chi connectivity index (χ2n) is 7.30. The van der Waals surface area contributed by atoms with Gasteiger partial charge in [-0.2, -0.15) is 11.8 Å². The Kier molecular flexibility index (Phi) is 3.83. The van der Waals surface area contributed by atoms with E-state index in [0.717, 1.165) is 19.4 Å². The summed E-state index contributed by atoms with van der Waals surface area (Å²) in [5.74, 6) is 0.881. The Morgan fingerprint density at radius 3 is 2.35 bits per heavy atom. The highest BCUT2D eigenvalue weighted by Gasteiger charge is 2.54. The zero-order valence-electron chi connectivity index (χ0n) is 13.1. The predicted molar refractivity (Wildman–Crippen MR) is 84.8 cm³/mol. The molecule has 0 bridgehead atoms. The van der Waals surface area contributed by atoms with Crippen LogP contribution in [-0.2, 0) is 4.79 Å². The Morgan fingerprint density at radius 2 is 1.90 bits per heavy atom. The summed E-state index contributed by atoms with van der Waals surface area (Å²) in [6, 6.07) is 0. The van der Waals surface area contributed by atoms with E-state index in [1.54, 1.807) is 0 Å². The van der Waals surface area contributed by atoms with Gasteiger partial charge >= 0.3 is 0 Å². The lowest BCUT2D eigenvalue weighted by Gasteiger charge is -2.44. The molecule has 114 valence electrons. The van der Waals surface area contributed by atoms with E-state index in [9.17, 15) is 4.79 Å². The first-order valence-corrected chi connectivity index (χ1v) is 9.38. The molecule has 2 saturated carbocycles. The summed E-state index contributed by atoms with van der Waals surface area (Å²) in [6.07, 6.45) is 10.8. The number of hydrogen-bond acceptors (Lipinski definition) is 3. The maximum atomic E-state index is 13.0. The van der Waals surface area contributed by atoms with Gasteiger partial charge in [-0.25, -0.2) is 0 Å². The topological polar surface area (TPSA) is 32.3 Å². The van der Waals surface area contributed by atoms with Crippen molar-refractivity contribution in [2.45, 2.75) is 75.2 Å². The van der Waals surface area contributed by atoms with E-state index < -0.39 is 0 Å². The lowest BCUT2D eigenvalue weighted by molar-refractivity contribution is -0.134. The quantitative estimate of drug-likeness (QED) is 0.865. The van der Waals surface area contributed by atoms with Crippen LogP contribution < -0.4 is 5.32 Å². The van der Waals surface area contributed by atoms with Gasteiger partial charge in [-0.3, -0.25) is 10.1 Å². The van der Waals surface area contributed by atoms with Crippen LogP contribution >= 0.6 is 11.8 Å². The molecule has 1 N–H and O–H groups in total. The highest BCUT2D eigenvalue weighted by Crippen LogP contribution is 2.46. The van der Waals surface area contributed by atoms with Crippen LogP contribution in [0.2, 0.25) is 0 Å². The van der Waals surface area contributed by atoms with Gasteiger partial charge in [0.2, 0.25) is 5.91 Å². The number of hydrogen-bond donors (Lipinski definition) is 1. The Labute approximate surface area is 127 Å². The molecular weight excluding hydrogens is 268 g/mol. The smallest absolute Gasteiger partial charge is 0.244 e. The Hall–Kier alpha value is -0.220. The fourth-order valence-electron chi connectivity index (χ4n) is 4.17. The van der Waals surface area contributed by atoms with Crippen LogP contribution in [0.3, 0.4) is 0 Å². The molecule has 4 heteroatoms. The predicted octanol–water partition coefficient (Wildman–Crippen LogP) is 3.00. The van der Waals surface area contributed by atoms with Gasteiger partial charge in [0, 0.05) is 11.3 Å². The number of nitrogens with one attached hydrogen (secondary N) is 1. The fraction of sp³-hybridized carbons (Fsp3) is 0.938. The summed E-state index contributed by atoms with van der Waals surface area (Å²) >= 11 is 1.97. The molecule has 2 aliphatic carbocycles. The highest BCUT2D eigenvalue weighted by molar-refractivity contribution is 8.00. The van der Waals surface area contributed by atoms with Gasteiger partial charge in [0.15, 0.2) is 0 Å². The van der Waals surface area contributed by atoms with Crippen molar-refractivity contribution in [3.05, 3.63) is 0 Å². The lowest BCUT2D eigenvalue weighted by Crippen LogP contribution is -2.51. The molecule has 1 aliphatic heterocycles. The maximum absolute atomic E-state index is 13.0. The van der Waals surface area contributed by atoms with Gasteiger partial charge in [-0.15, -0.1) is 0 Å². The monoisotopic (exact) mass is 296 g/mol. The Bertz CT molecular complexity index is 380. The maximum Gasteiger partial charge on any atom is 0.244 e. The first-order valence-electron chi connectivity index (χ1n) is 8.16. The summed E-state index contributed by atoms with van der Waals surface area (Å²) in [4.78, 5) is 15.2. The molecule has 1 heterocycles. The number of nitrogens with zero attached hydrogens (tertiary/aromatic N) is 1. The first kappa shape index (κ1) is 14.7. The molecule has 1 unspecified atom stereocenters. The summed E-state index contributed by atoms with van der Waals surface area (Å²) in [6.45, 7) is 5.42.